The molecule has 6 rings (SSSR count). The fourth-order valence-electron chi connectivity index (χ4n) is 4.50. The maximum atomic E-state index is 10.1. The number of hydrogen-bond acceptors (Lipinski definition) is 4. The Bertz CT molecular complexity index is 1510. The monoisotopic (exact) mass is 641 g/mol. The zero-order chi connectivity index (χ0) is 23.7. The molecule has 2 N–H and O–H groups in total. The van der Waals surface area contributed by atoms with Crippen molar-refractivity contribution in [3.8, 4) is 11.3 Å². The molecule has 1 radical (unpaired) electrons. The molecule has 0 bridgehead atoms. The molecule has 4 aromatic carbocycles. The number of nitrogens with zero attached hydrogens (tertiary/aromatic N) is 2. The minimum absolute atomic E-state index is 0. The zero-order valence-electron chi connectivity index (χ0n) is 19.6. The Morgan fingerprint density at radius 2 is 1.77 bits per heavy atom. The zero-order valence-corrected chi connectivity index (χ0v) is 22.0. The van der Waals surface area contributed by atoms with Crippen LogP contribution >= 0.6 is 0 Å². The first-order chi connectivity index (χ1) is 16.5. The van der Waals surface area contributed by atoms with Gasteiger partial charge in [0.15, 0.2) is 0 Å². The van der Waals surface area contributed by atoms with Gasteiger partial charge in [0, 0.05) is 37.4 Å². The van der Waals surface area contributed by atoms with E-state index in [-0.39, 0.29) is 26.1 Å². The van der Waals surface area contributed by atoms with Crippen LogP contribution in [-0.2, 0) is 24.9 Å². The smallest absolute Gasteiger partial charge is 0.320 e. The molecule has 0 spiro atoms. The third kappa shape index (κ3) is 5.10. The van der Waals surface area contributed by atoms with E-state index >= 15 is 0 Å². The molecule has 1 atom stereocenters. The Hall–Kier alpha value is -3.18. The predicted molar refractivity (Wildman–Crippen MR) is 137 cm³/mol. The van der Waals surface area contributed by atoms with Crippen molar-refractivity contribution in [3.05, 3.63) is 84.1 Å². The van der Waals surface area contributed by atoms with Crippen LogP contribution in [0.1, 0.15) is 24.0 Å². The van der Waals surface area contributed by atoms with Crippen molar-refractivity contribution in [3.63, 3.8) is 0 Å². The molecule has 1 aliphatic rings. The molecule has 6 heteroatoms. The van der Waals surface area contributed by atoms with Crippen molar-refractivity contribution in [1.29, 1.82) is 0 Å². The van der Waals surface area contributed by atoms with E-state index in [1.807, 2.05) is 30.5 Å². The van der Waals surface area contributed by atoms with E-state index < -0.39 is 5.97 Å². The third-order valence-corrected chi connectivity index (χ3v) is 6.24. The summed E-state index contributed by atoms with van der Waals surface area (Å²) in [6, 6.07) is 24.2. The summed E-state index contributed by atoms with van der Waals surface area (Å²) in [4.78, 5) is 19.9. The first-order valence-corrected chi connectivity index (χ1v) is 11.5. The molecule has 5 nitrogen and oxygen atoms in total. The average Bonchev–Trinajstić information content (AvgIpc) is 3.40. The van der Waals surface area contributed by atoms with Crippen LogP contribution < -0.4 is 5.32 Å². The quantitative estimate of drug-likeness (QED) is 0.187. The summed E-state index contributed by atoms with van der Waals surface area (Å²) in [5.74, 6) is -0.720. The van der Waals surface area contributed by atoms with Gasteiger partial charge in [-0.3, -0.25) is 9.78 Å². The number of carboxylic acid groups (broad SMARTS) is 1. The van der Waals surface area contributed by atoms with Crippen LogP contribution in [0.4, 0.5) is 0 Å². The molecule has 0 saturated carbocycles. The summed E-state index contributed by atoms with van der Waals surface area (Å²) in [5.41, 5.74) is 6.27. The topological polar surface area (TPSA) is 75.1 Å². The number of aryl methyl sites for hydroxylation is 2. The Morgan fingerprint density at radius 3 is 2.46 bits per heavy atom. The van der Waals surface area contributed by atoms with Gasteiger partial charge in [0.1, 0.15) is 6.04 Å². The normalized spacial score (nSPS) is 15.0. The second kappa shape index (κ2) is 10.6. The second-order valence-corrected chi connectivity index (χ2v) is 8.82. The van der Waals surface area contributed by atoms with Crippen LogP contribution in [0.5, 0.6) is 0 Å². The van der Waals surface area contributed by atoms with E-state index in [1.54, 1.807) is 0 Å². The number of hydrogen-bond donors (Lipinski definition) is 2. The van der Waals surface area contributed by atoms with E-state index in [2.05, 4.69) is 61.6 Å². The van der Waals surface area contributed by atoms with E-state index in [4.69, 9.17) is 15.1 Å². The Morgan fingerprint density at radius 1 is 1.00 bits per heavy atom. The average molecular weight is 641 g/mol. The molecule has 5 aromatic rings. The van der Waals surface area contributed by atoms with Crippen LogP contribution in [0, 0.1) is 19.9 Å². The molecule has 35 heavy (non-hydrogen) atoms. The van der Waals surface area contributed by atoms with Crippen LogP contribution in [0.25, 0.3) is 43.8 Å². The van der Waals surface area contributed by atoms with Gasteiger partial charge in [-0.1, -0.05) is 71.8 Å². The number of nitrogens with one attached hydrogen (secondary N) is 1. The minimum atomic E-state index is -0.720. The molecule has 1 unspecified atom stereocenters. The van der Waals surface area contributed by atoms with Gasteiger partial charge in [-0.2, -0.15) is 0 Å². The van der Waals surface area contributed by atoms with Gasteiger partial charge in [0.2, 0.25) is 0 Å². The van der Waals surface area contributed by atoms with E-state index in [1.165, 1.54) is 21.9 Å². The van der Waals surface area contributed by atoms with Gasteiger partial charge in [-0.25, -0.2) is 0 Å². The maximum absolute atomic E-state index is 10.1. The maximum Gasteiger partial charge on any atom is 0.320 e. The Labute approximate surface area is 218 Å². The molecular weight excluding hydrogens is 615 g/mol. The molecule has 2 heterocycles. The molecule has 179 valence electrons. The van der Waals surface area contributed by atoms with Crippen LogP contribution in [0.3, 0.4) is 0 Å². The van der Waals surface area contributed by atoms with Crippen molar-refractivity contribution in [2.75, 3.05) is 6.54 Å². The van der Waals surface area contributed by atoms with Gasteiger partial charge in [0.05, 0.1) is 11.2 Å². The van der Waals surface area contributed by atoms with E-state index in [0.717, 1.165) is 52.4 Å². The molecule has 1 aliphatic heterocycles. The van der Waals surface area contributed by atoms with Gasteiger partial charge in [-0.05, 0) is 31.7 Å². The van der Waals surface area contributed by atoms with Crippen LogP contribution in [0.2, 0.25) is 0 Å². The summed E-state index contributed by atoms with van der Waals surface area (Å²) in [5, 5.41) is 15.8. The number of carbonyl (C=O) groups is 1. The predicted octanol–water partition coefficient (Wildman–Crippen LogP) is 5.84. The second-order valence-electron chi connectivity index (χ2n) is 8.82. The van der Waals surface area contributed by atoms with Gasteiger partial charge in [-0.15, -0.1) is 29.1 Å². The van der Waals surface area contributed by atoms with Crippen molar-refractivity contribution in [1.82, 2.24) is 15.3 Å². The summed E-state index contributed by atoms with van der Waals surface area (Å²) < 4.78 is 0. The van der Waals surface area contributed by atoms with Crippen molar-refractivity contribution in [2.24, 2.45) is 0 Å². The number of carboxylic acids is 1. The molecule has 1 aromatic heterocycles. The Balaban J connectivity index is 0.000000276. The number of fused-ring (bicyclic) bond motifs is 6. The minimum Gasteiger partial charge on any atom is -0.480 e. The summed E-state index contributed by atoms with van der Waals surface area (Å²) >= 11 is 0. The standard InChI is InChI=1S/C24H17N2.C5H9NO2.Ir/c1-15-8-10-18-20(12-15)21-13-16(2)9-11-19(21)24-23(18)25-14-22(26-24)17-6-4-3-5-7-17;7-5(8)4-2-1-3-6-4;/h3-9,11-14H,1-2H3;4,6H,1-3H2,(H,7,8);/q-1;;. The number of aliphatic carboxylic acids is 1. The van der Waals surface area contributed by atoms with E-state index in [9.17, 15) is 4.79 Å². The molecule has 0 amide bonds. The first-order valence-electron chi connectivity index (χ1n) is 11.5. The molecule has 1 saturated heterocycles. The van der Waals surface area contributed by atoms with Crippen LogP contribution in [0.15, 0.2) is 66.9 Å². The van der Waals surface area contributed by atoms with Crippen molar-refractivity contribution >= 4 is 38.5 Å². The summed E-state index contributed by atoms with van der Waals surface area (Å²) in [7, 11) is 0. The number of rotatable bonds is 2. The SMILES string of the molecule is Cc1c[c-]c2c(c1)c1cc(C)ccc1c1nc(-c3ccccc3)cnc21.O=C(O)C1CCCN1.[Ir]. The first kappa shape index (κ1) is 24.9. The molecule has 0 aliphatic carbocycles. The fourth-order valence-corrected chi connectivity index (χ4v) is 4.50. The number of benzene rings is 4. The number of aromatic nitrogens is 2. The summed E-state index contributed by atoms with van der Waals surface area (Å²) in [6.45, 7) is 5.09. The molecular formula is C29H26IrN3O2-. The van der Waals surface area contributed by atoms with Crippen molar-refractivity contribution in [2.45, 2.75) is 32.7 Å². The summed E-state index contributed by atoms with van der Waals surface area (Å²) in [6.07, 6.45) is 3.65. The van der Waals surface area contributed by atoms with Gasteiger partial charge in [0.25, 0.3) is 0 Å². The van der Waals surface area contributed by atoms with E-state index in [0.29, 0.717) is 0 Å². The van der Waals surface area contributed by atoms with Crippen LogP contribution in [-0.4, -0.2) is 33.6 Å². The third-order valence-electron chi connectivity index (χ3n) is 6.24. The Kier molecular flexibility index (Phi) is 7.56. The molecule has 1 fully saturated rings. The fraction of sp³-hybridized carbons (Fsp3) is 0.207. The largest absolute Gasteiger partial charge is 0.480 e. The van der Waals surface area contributed by atoms with Gasteiger partial charge >= 0.3 is 5.97 Å². The van der Waals surface area contributed by atoms with Crippen molar-refractivity contribution < 1.29 is 30.0 Å². The van der Waals surface area contributed by atoms with Gasteiger partial charge < -0.3 is 15.4 Å².